The molecule has 3 nitrogen and oxygen atoms in total. The molecule has 18 heavy (non-hydrogen) atoms. The summed E-state index contributed by atoms with van der Waals surface area (Å²) in [7, 11) is 1.66. The van der Waals surface area contributed by atoms with Crippen molar-refractivity contribution in [3.05, 3.63) is 18.2 Å². The van der Waals surface area contributed by atoms with Crippen LogP contribution in [-0.2, 0) is 0 Å². The molecule has 0 heterocycles. The molecule has 0 amide bonds. The normalized spacial score (nSPS) is 24.3. The minimum absolute atomic E-state index is 0.546. The van der Waals surface area contributed by atoms with Gasteiger partial charge < -0.3 is 15.8 Å². The van der Waals surface area contributed by atoms with E-state index in [2.05, 4.69) is 12.2 Å². The molecule has 0 spiro atoms. The Hall–Kier alpha value is -1.38. The molecule has 1 aromatic rings. The zero-order valence-electron chi connectivity index (χ0n) is 11.4. The van der Waals surface area contributed by atoms with Crippen LogP contribution in [0.5, 0.6) is 5.75 Å². The second-order valence-electron chi connectivity index (χ2n) is 5.38. The van der Waals surface area contributed by atoms with E-state index in [-0.39, 0.29) is 0 Å². The van der Waals surface area contributed by atoms with Crippen molar-refractivity contribution in [1.29, 1.82) is 0 Å². The van der Waals surface area contributed by atoms with Gasteiger partial charge in [-0.1, -0.05) is 25.8 Å². The number of nitrogen functional groups attached to an aromatic ring is 1. The van der Waals surface area contributed by atoms with E-state index in [1.54, 1.807) is 7.11 Å². The van der Waals surface area contributed by atoms with Gasteiger partial charge in [0.05, 0.1) is 18.5 Å². The molecule has 3 heteroatoms. The van der Waals surface area contributed by atoms with Crippen molar-refractivity contribution >= 4 is 11.4 Å². The third kappa shape index (κ3) is 3.09. The fourth-order valence-electron chi connectivity index (χ4n) is 2.70. The van der Waals surface area contributed by atoms with E-state index < -0.39 is 0 Å². The largest absolute Gasteiger partial charge is 0.495 e. The lowest BCUT2D eigenvalue weighted by molar-refractivity contribution is 0.417. The van der Waals surface area contributed by atoms with Crippen LogP contribution in [0.4, 0.5) is 11.4 Å². The lowest BCUT2D eigenvalue weighted by Gasteiger charge is -2.20. The molecule has 0 aromatic heterocycles. The van der Waals surface area contributed by atoms with Crippen LogP contribution in [-0.4, -0.2) is 13.2 Å². The first kappa shape index (κ1) is 13.1. The Labute approximate surface area is 110 Å². The number of benzene rings is 1. The first-order valence-electron chi connectivity index (χ1n) is 6.89. The Morgan fingerprint density at radius 3 is 2.83 bits per heavy atom. The predicted molar refractivity (Wildman–Crippen MR) is 77.1 cm³/mol. The average Bonchev–Trinajstić information content (AvgIpc) is 2.57. The van der Waals surface area contributed by atoms with Crippen molar-refractivity contribution in [2.24, 2.45) is 5.92 Å². The summed E-state index contributed by atoms with van der Waals surface area (Å²) in [5.41, 5.74) is 7.82. The lowest BCUT2D eigenvalue weighted by atomic mass is 10.0. The molecule has 1 aliphatic carbocycles. The van der Waals surface area contributed by atoms with Gasteiger partial charge in [-0.05, 0) is 37.3 Å². The van der Waals surface area contributed by atoms with Crippen molar-refractivity contribution < 1.29 is 4.74 Å². The second kappa shape index (κ2) is 5.98. The molecule has 1 aliphatic rings. The van der Waals surface area contributed by atoms with Crippen molar-refractivity contribution in [2.45, 2.75) is 45.1 Å². The van der Waals surface area contributed by atoms with Gasteiger partial charge in [0.15, 0.2) is 0 Å². The average molecular weight is 248 g/mol. The van der Waals surface area contributed by atoms with Crippen molar-refractivity contribution in [3.8, 4) is 5.75 Å². The van der Waals surface area contributed by atoms with Crippen LogP contribution in [0, 0.1) is 5.92 Å². The molecule has 3 N–H and O–H groups in total. The molecule has 0 bridgehead atoms. The summed E-state index contributed by atoms with van der Waals surface area (Å²) in [5, 5.41) is 3.58. The highest BCUT2D eigenvalue weighted by Gasteiger charge is 2.17. The summed E-state index contributed by atoms with van der Waals surface area (Å²) in [6, 6.07) is 6.46. The van der Waals surface area contributed by atoms with Crippen LogP contribution in [0.3, 0.4) is 0 Å². The summed E-state index contributed by atoms with van der Waals surface area (Å²) in [6.45, 7) is 2.35. The van der Waals surface area contributed by atoms with Crippen molar-refractivity contribution in [3.63, 3.8) is 0 Å². The second-order valence-corrected chi connectivity index (χ2v) is 5.38. The molecule has 0 aliphatic heterocycles. The van der Waals surface area contributed by atoms with Gasteiger partial charge >= 0.3 is 0 Å². The van der Waals surface area contributed by atoms with Crippen molar-refractivity contribution in [1.82, 2.24) is 0 Å². The van der Waals surface area contributed by atoms with Crippen LogP contribution in [0.25, 0.3) is 0 Å². The number of para-hydroxylation sites is 1. The number of methoxy groups -OCH3 is 1. The van der Waals surface area contributed by atoms with E-state index in [1.165, 1.54) is 32.1 Å². The fourth-order valence-corrected chi connectivity index (χ4v) is 2.70. The quantitative estimate of drug-likeness (QED) is 0.634. The monoisotopic (exact) mass is 248 g/mol. The standard InChI is InChI=1S/C15H24N2O/c1-11-5-3-6-12(10-9-11)17-13-7-4-8-14(18-2)15(13)16/h4,7-8,11-12,17H,3,5-6,9-10,16H2,1-2H3. The molecule has 2 rings (SSSR count). The molecule has 100 valence electrons. The number of anilines is 2. The third-order valence-corrected chi connectivity index (χ3v) is 3.90. The highest BCUT2D eigenvalue weighted by molar-refractivity contribution is 5.73. The first-order valence-corrected chi connectivity index (χ1v) is 6.89. The van der Waals surface area contributed by atoms with Gasteiger partial charge in [0.1, 0.15) is 5.75 Å². The van der Waals surface area contributed by atoms with E-state index in [0.29, 0.717) is 6.04 Å². The summed E-state index contributed by atoms with van der Waals surface area (Å²) < 4.78 is 5.25. The van der Waals surface area contributed by atoms with Gasteiger partial charge in [-0.15, -0.1) is 0 Å². The Morgan fingerprint density at radius 1 is 1.22 bits per heavy atom. The van der Waals surface area contributed by atoms with Crippen LogP contribution in [0.1, 0.15) is 39.0 Å². The molecule has 0 radical (unpaired) electrons. The van der Waals surface area contributed by atoms with Gasteiger partial charge in [-0.2, -0.15) is 0 Å². The van der Waals surface area contributed by atoms with E-state index in [0.717, 1.165) is 23.0 Å². The van der Waals surface area contributed by atoms with Gasteiger partial charge in [0.25, 0.3) is 0 Å². The van der Waals surface area contributed by atoms with Crippen LogP contribution in [0.15, 0.2) is 18.2 Å². The third-order valence-electron chi connectivity index (χ3n) is 3.90. The zero-order chi connectivity index (χ0) is 13.0. The molecular weight excluding hydrogens is 224 g/mol. The maximum Gasteiger partial charge on any atom is 0.143 e. The summed E-state index contributed by atoms with van der Waals surface area (Å²) >= 11 is 0. The predicted octanol–water partition coefficient (Wildman–Crippen LogP) is 3.66. The minimum Gasteiger partial charge on any atom is -0.495 e. The molecular formula is C15H24N2O. The maximum absolute atomic E-state index is 6.09. The SMILES string of the molecule is COc1cccc(NC2CCCC(C)CC2)c1N. The highest BCUT2D eigenvalue weighted by Crippen LogP contribution is 2.31. The number of nitrogens with two attached hydrogens (primary N) is 1. The van der Waals surface area contributed by atoms with Crippen molar-refractivity contribution in [2.75, 3.05) is 18.2 Å². The van der Waals surface area contributed by atoms with Crippen LogP contribution >= 0.6 is 0 Å². The number of hydrogen-bond donors (Lipinski definition) is 2. The molecule has 1 fully saturated rings. The summed E-state index contributed by atoms with van der Waals surface area (Å²) in [5.74, 6) is 1.61. The van der Waals surface area contributed by atoms with Gasteiger partial charge in [-0.3, -0.25) is 0 Å². The summed E-state index contributed by atoms with van der Waals surface area (Å²) in [4.78, 5) is 0. The Balaban J connectivity index is 2.04. The van der Waals surface area contributed by atoms with E-state index in [1.807, 2.05) is 18.2 Å². The highest BCUT2D eigenvalue weighted by atomic mass is 16.5. The first-order chi connectivity index (χ1) is 8.70. The van der Waals surface area contributed by atoms with Crippen LogP contribution < -0.4 is 15.8 Å². The Bertz CT molecular complexity index is 392. The number of hydrogen-bond acceptors (Lipinski definition) is 3. The number of ether oxygens (including phenoxy) is 1. The topological polar surface area (TPSA) is 47.3 Å². The maximum atomic E-state index is 6.09. The summed E-state index contributed by atoms with van der Waals surface area (Å²) in [6.07, 6.45) is 6.44. The smallest absolute Gasteiger partial charge is 0.143 e. The fraction of sp³-hybridized carbons (Fsp3) is 0.600. The Morgan fingerprint density at radius 2 is 2.06 bits per heavy atom. The molecule has 1 aromatic carbocycles. The number of nitrogens with one attached hydrogen (secondary N) is 1. The van der Waals surface area contributed by atoms with Gasteiger partial charge in [0.2, 0.25) is 0 Å². The molecule has 0 saturated heterocycles. The minimum atomic E-state index is 0.546. The van der Waals surface area contributed by atoms with Gasteiger partial charge in [-0.25, -0.2) is 0 Å². The number of rotatable bonds is 3. The molecule has 2 unspecified atom stereocenters. The van der Waals surface area contributed by atoms with E-state index in [9.17, 15) is 0 Å². The Kier molecular flexibility index (Phi) is 4.34. The zero-order valence-corrected chi connectivity index (χ0v) is 11.4. The van der Waals surface area contributed by atoms with Crippen LogP contribution in [0.2, 0.25) is 0 Å². The van der Waals surface area contributed by atoms with E-state index in [4.69, 9.17) is 10.5 Å². The van der Waals surface area contributed by atoms with Gasteiger partial charge in [0, 0.05) is 6.04 Å². The molecule has 1 saturated carbocycles. The lowest BCUT2D eigenvalue weighted by Crippen LogP contribution is -2.19. The molecule has 2 atom stereocenters. The van der Waals surface area contributed by atoms with E-state index >= 15 is 0 Å².